The second-order valence-corrected chi connectivity index (χ2v) is 5.07. The lowest BCUT2D eigenvalue weighted by molar-refractivity contribution is -0.138. The van der Waals surface area contributed by atoms with E-state index in [1.165, 1.54) is 0 Å². The van der Waals surface area contributed by atoms with Crippen molar-refractivity contribution in [2.75, 3.05) is 11.9 Å². The van der Waals surface area contributed by atoms with Crippen LogP contribution >= 0.6 is 11.6 Å². The van der Waals surface area contributed by atoms with Crippen LogP contribution in [-0.2, 0) is 4.79 Å². The summed E-state index contributed by atoms with van der Waals surface area (Å²) in [6.07, 6.45) is 0. The van der Waals surface area contributed by atoms with Crippen LogP contribution in [0.1, 0.15) is 17.0 Å². The Hall–Kier alpha value is -2.00. The maximum absolute atomic E-state index is 11.4. The third kappa shape index (κ3) is 3.52. The highest BCUT2D eigenvalue weighted by Crippen LogP contribution is 2.24. The van der Waals surface area contributed by atoms with E-state index in [1.54, 1.807) is 6.07 Å². The van der Waals surface area contributed by atoms with Crippen LogP contribution < -0.4 is 5.32 Å². The Morgan fingerprint density at radius 1 is 1.25 bits per heavy atom. The molecular formula is C16H16ClNO2. The van der Waals surface area contributed by atoms with Crippen molar-refractivity contribution in [3.8, 4) is 0 Å². The number of aryl methyl sites for hydroxylation is 1. The zero-order valence-electron chi connectivity index (χ0n) is 11.1. The number of nitrogens with one attached hydrogen (secondary N) is 1. The number of anilines is 1. The lowest BCUT2D eigenvalue weighted by atomic mass is 9.99. The molecule has 0 amide bonds. The van der Waals surface area contributed by atoms with Gasteiger partial charge in [0.15, 0.2) is 0 Å². The fourth-order valence-corrected chi connectivity index (χ4v) is 2.20. The Morgan fingerprint density at radius 2 is 1.95 bits per heavy atom. The van der Waals surface area contributed by atoms with E-state index in [9.17, 15) is 9.90 Å². The van der Waals surface area contributed by atoms with Gasteiger partial charge in [-0.1, -0.05) is 48.0 Å². The monoisotopic (exact) mass is 289 g/mol. The highest BCUT2D eigenvalue weighted by molar-refractivity contribution is 6.33. The topological polar surface area (TPSA) is 49.3 Å². The van der Waals surface area contributed by atoms with Crippen LogP contribution in [0.15, 0.2) is 48.5 Å². The van der Waals surface area contributed by atoms with E-state index >= 15 is 0 Å². The highest BCUT2D eigenvalue weighted by Gasteiger charge is 2.19. The maximum Gasteiger partial charge on any atom is 0.312 e. The predicted molar refractivity (Wildman–Crippen MR) is 81.5 cm³/mol. The van der Waals surface area contributed by atoms with Gasteiger partial charge < -0.3 is 10.4 Å². The molecule has 2 aromatic rings. The summed E-state index contributed by atoms with van der Waals surface area (Å²) in [4.78, 5) is 11.4. The number of aliphatic carboxylic acids is 1. The number of carbonyl (C=O) groups is 1. The summed E-state index contributed by atoms with van der Waals surface area (Å²) in [6.45, 7) is 2.26. The molecule has 20 heavy (non-hydrogen) atoms. The first-order valence-electron chi connectivity index (χ1n) is 6.35. The van der Waals surface area contributed by atoms with Gasteiger partial charge in [0.1, 0.15) is 0 Å². The van der Waals surface area contributed by atoms with Crippen molar-refractivity contribution >= 4 is 23.3 Å². The molecule has 0 spiro atoms. The third-order valence-electron chi connectivity index (χ3n) is 3.12. The van der Waals surface area contributed by atoms with Gasteiger partial charge >= 0.3 is 5.97 Å². The number of hydrogen-bond donors (Lipinski definition) is 2. The number of rotatable bonds is 5. The lowest BCUT2D eigenvalue weighted by Gasteiger charge is -2.15. The molecule has 104 valence electrons. The fraction of sp³-hybridized carbons (Fsp3) is 0.188. The SMILES string of the molecule is Cc1ccc(Cl)c(NCC(C(=O)O)c2ccccc2)c1. The van der Waals surface area contributed by atoms with E-state index in [0.717, 1.165) is 16.8 Å². The van der Waals surface area contributed by atoms with Gasteiger partial charge in [0, 0.05) is 6.54 Å². The molecule has 0 aliphatic carbocycles. The average Bonchev–Trinajstić information content (AvgIpc) is 2.43. The van der Waals surface area contributed by atoms with Gasteiger partial charge in [0.05, 0.1) is 16.6 Å². The van der Waals surface area contributed by atoms with Crippen molar-refractivity contribution in [3.05, 3.63) is 64.7 Å². The second-order valence-electron chi connectivity index (χ2n) is 4.67. The molecule has 4 heteroatoms. The Bertz CT molecular complexity index is 599. The predicted octanol–water partition coefficient (Wildman–Crippen LogP) is 3.93. The first-order valence-corrected chi connectivity index (χ1v) is 6.73. The van der Waals surface area contributed by atoms with Gasteiger partial charge in [0.2, 0.25) is 0 Å². The molecule has 0 fully saturated rings. The average molecular weight is 290 g/mol. The van der Waals surface area contributed by atoms with E-state index in [2.05, 4.69) is 5.32 Å². The maximum atomic E-state index is 11.4. The molecule has 0 aliphatic rings. The quantitative estimate of drug-likeness (QED) is 0.877. The normalized spacial score (nSPS) is 11.9. The van der Waals surface area contributed by atoms with Gasteiger partial charge in [0.25, 0.3) is 0 Å². The van der Waals surface area contributed by atoms with Crippen molar-refractivity contribution in [2.45, 2.75) is 12.8 Å². The number of halogens is 1. The van der Waals surface area contributed by atoms with Crippen LogP contribution in [0.3, 0.4) is 0 Å². The number of carboxylic acid groups (broad SMARTS) is 1. The van der Waals surface area contributed by atoms with Crippen molar-refractivity contribution < 1.29 is 9.90 Å². The molecule has 2 aromatic carbocycles. The smallest absolute Gasteiger partial charge is 0.312 e. The fourth-order valence-electron chi connectivity index (χ4n) is 2.02. The highest BCUT2D eigenvalue weighted by atomic mass is 35.5. The van der Waals surface area contributed by atoms with Gasteiger partial charge in [-0.2, -0.15) is 0 Å². The van der Waals surface area contributed by atoms with E-state index < -0.39 is 11.9 Å². The summed E-state index contributed by atoms with van der Waals surface area (Å²) < 4.78 is 0. The zero-order valence-corrected chi connectivity index (χ0v) is 11.9. The first kappa shape index (κ1) is 14.4. The molecule has 0 heterocycles. The molecule has 0 radical (unpaired) electrons. The minimum atomic E-state index is -0.854. The summed E-state index contributed by atoms with van der Waals surface area (Å²) in [5.74, 6) is -1.46. The van der Waals surface area contributed by atoms with Crippen molar-refractivity contribution in [1.29, 1.82) is 0 Å². The third-order valence-corrected chi connectivity index (χ3v) is 3.45. The van der Waals surface area contributed by atoms with Crippen LogP contribution in [0, 0.1) is 6.92 Å². The Labute approximate surface area is 123 Å². The Morgan fingerprint density at radius 3 is 2.60 bits per heavy atom. The summed E-state index contributed by atoms with van der Waals surface area (Å²) in [6, 6.07) is 14.8. The molecule has 0 aromatic heterocycles. The minimum absolute atomic E-state index is 0.294. The number of carboxylic acids is 1. The van der Waals surface area contributed by atoms with Gasteiger partial charge in [-0.15, -0.1) is 0 Å². The number of hydrogen-bond acceptors (Lipinski definition) is 2. The summed E-state index contributed by atoms with van der Waals surface area (Å²) >= 11 is 6.10. The van der Waals surface area contributed by atoms with Gasteiger partial charge in [-0.3, -0.25) is 4.79 Å². The standard InChI is InChI=1S/C16H16ClNO2/c1-11-7-8-14(17)15(9-11)18-10-13(16(19)20)12-5-3-2-4-6-12/h2-9,13,18H,10H2,1H3,(H,19,20). The van der Waals surface area contributed by atoms with E-state index in [1.807, 2.05) is 49.4 Å². The summed E-state index contributed by atoms with van der Waals surface area (Å²) in [5.41, 5.74) is 2.61. The molecule has 1 unspecified atom stereocenters. The van der Waals surface area contributed by atoms with Crippen molar-refractivity contribution in [1.82, 2.24) is 0 Å². The largest absolute Gasteiger partial charge is 0.481 e. The zero-order chi connectivity index (χ0) is 14.5. The van der Waals surface area contributed by atoms with Gasteiger partial charge in [-0.25, -0.2) is 0 Å². The van der Waals surface area contributed by atoms with E-state index in [-0.39, 0.29) is 0 Å². The Kier molecular flexibility index (Phi) is 4.64. The molecule has 0 bridgehead atoms. The number of benzene rings is 2. The van der Waals surface area contributed by atoms with Crippen LogP contribution in [0.2, 0.25) is 5.02 Å². The molecule has 0 saturated carbocycles. The molecule has 0 saturated heterocycles. The van der Waals surface area contributed by atoms with Crippen molar-refractivity contribution in [2.24, 2.45) is 0 Å². The Balaban J connectivity index is 2.14. The molecule has 3 nitrogen and oxygen atoms in total. The van der Waals surface area contributed by atoms with E-state index in [0.29, 0.717) is 11.6 Å². The van der Waals surface area contributed by atoms with Crippen molar-refractivity contribution in [3.63, 3.8) is 0 Å². The molecule has 2 rings (SSSR count). The van der Waals surface area contributed by atoms with Gasteiger partial charge in [-0.05, 0) is 30.2 Å². The van der Waals surface area contributed by atoms with E-state index in [4.69, 9.17) is 11.6 Å². The molecule has 1 atom stereocenters. The second kappa shape index (κ2) is 6.44. The lowest BCUT2D eigenvalue weighted by Crippen LogP contribution is -2.21. The van der Waals surface area contributed by atoms with Crippen LogP contribution in [0.5, 0.6) is 0 Å². The van der Waals surface area contributed by atoms with Crippen LogP contribution in [-0.4, -0.2) is 17.6 Å². The molecule has 2 N–H and O–H groups in total. The summed E-state index contributed by atoms with van der Waals surface area (Å²) in [7, 11) is 0. The minimum Gasteiger partial charge on any atom is -0.481 e. The molecule has 0 aliphatic heterocycles. The van der Waals surface area contributed by atoms with Crippen LogP contribution in [0.25, 0.3) is 0 Å². The van der Waals surface area contributed by atoms with Crippen LogP contribution in [0.4, 0.5) is 5.69 Å². The molecular weight excluding hydrogens is 274 g/mol. The summed E-state index contributed by atoms with van der Waals surface area (Å²) in [5, 5.41) is 13.1. The first-order chi connectivity index (χ1) is 9.58.